The fourth-order valence-corrected chi connectivity index (χ4v) is 3.85. The molecule has 29 heavy (non-hydrogen) atoms. The van der Waals surface area contributed by atoms with Crippen molar-refractivity contribution in [1.29, 1.82) is 0 Å². The molecule has 0 radical (unpaired) electrons. The first-order valence-electron chi connectivity index (χ1n) is 9.63. The average molecular weight is 393 g/mol. The number of phenolic OH excluding ortho intramolecular Hbond substituents is 1. The topological polar surface area (TPSA) is 86.9 Å². The van der Waals surface area contributed by atoms with E-state index in [0.717, 1.165) is 11.4 Å². The molecule has 1 fully saturated rings. The zero-order valence-electron chi connectivity index (χ0n) is 16.5. The molecule has 1 amide bonds. The van der Waals surface area contributed by atoms with Gasteiger partial charge in [-0.15, -0.1) is 0 Å². The number of anilines is 1. The van der Waals surface area contributed by atoms with Crippen LogP contribution in [0.5, 0.6) is 5.75 Å². The van der Waals surface area contributed by atoms with Gasteiger partial charge in [-0.3, -0.25) is 4.79 Å². The van der Waals surface area contributed by atoms with Gasteiger partial charge in [0, 0.05) is 32.4 Å². The molecule has 1 N–H and O–H groups in total. The van der Waals surface area contributed by atoms with E-state index in [1.165, 1.54) is 0 Å². The summed E-state index contributed by atoms with van der Waals surface area (Å²) in [7, 11) is 0. The molecule has 0 spiro atoms. The molecule has 1 aliphatic rings. The minimum absolute atomic E-state index is 0.0407. The van der Waals surface area contributed by atoms with Crippen molar-refractivity contribution in [2.75, 3.05) is 31.1 Å². The van der Waals surface area contributed by atoms with Crippen LogP contribution >= 0.6 is 0 Å². The van der Waals surface area contributed by atoms with E-state index in [1.807, 2.05) is 25.1 Å². The Morgan fingerprint density at radius 1 is 1.17 bits per heavy atom. The van der Waals surface area contributed by atoms with Crippen LogP contribution in [-0.2, 0) is 11.2 Å². The SMILES string of the molecule is Cc1cc(O)c2c(C)c(CC(=O)N3CCN(c4ccccn4)CC3)c(=O)oc2c1. The van der Waals surface area contributed by atoms with Crippen LogP contribution in [-0.4, -0.2) is 47.1 Å². The van der Waals surface area contributed by atoms with E-state index < -0.39 is 5.63 Å². The van der Waals surface area contributed by atoms with E-state index in [0.29, 0.717) is 48.3 Å². The summed E-state index contributed by atoms with van der Waals surface area (Å²) in [5.74, 6) is 0.835. The molecule has 0 saturated carbocycles. The minimum atomic E-state index is -0.527. The first kappa shape index (κ1) is 19.0. The van der Waals surface area contributed by atoms with Gasteiger partial charge in [-0.2, -0.15) is 0 Å². The number of aromatic hydroxyl groups is 1. The number of carbonyl (C=O) groups is 1. The molecular formula is C22H23N3O4. The van der Waals surface area contributed by atoms with Crippen LogP contribution in [0, 0.1) is 13.8 Å². The number of benzene rings is 1. The third kappa shape index (κ3) is 3.68. The number of piperazine rings is 1. The lowest BCUT2D eigenvalue weighted by atomic mass is 10.0. The van der Waals surface area contributed by atoms with E-state index in [-0.39, 0.29) is 18.1 Å². The Labute approximate surface area is 168 Å². The van der Waals surface area contributed by atoms with Gasteiger partial charge in [0.2, 0.25) is 5.91 Å². The normalized spacial score (nSPS) is 14.4. The number of amides is 1. The third-order valence-electron chi connectivity index (χ3n) is 5.44. The summed E-state index contributed by atoms with van der Waals surface area (Å²) in [5, 5.41) is 10.8. The van der Waals surface area contributed by atoms with Crippen LogP contribution in [0.2, 0.25) is 0 Å². The van der Waals surface area contributed by atoms with Crippen LogP contribution in [0.15, 0.2) is 45.7 Å². The van der Waals surface area contributed by atoms with Crippen LogP contribution in [0.25, 0.3) is 11.0 Å². The summed E-state index contributed by atoms with van der Waals surface area (Å²) in [6.45, 7) is 6.07. The van der Waals surface area contributed by atoms with Gasteiger partial charge >= 0.3 is 5.63 Å². The monoisotopic (exact) mass is 393 g/mol. The van der Waals surface area contributed by atoms with Gasteiger partial charge in [0.25, 0.3) is 0 Å². The smallest absolute Gasteiger partial charge is 0.340 e. The summed E-state index contributed by atoms with van der Waals surface area (Å²) >= 11 is 0. The Kier molecular flexibility index (Phi) is 4.96. The maximum absolute atomic E-state index is 12.8. The highest BCUT2D eigenvalue weighted by atomic mass is 16.4. The molecule has 0 bridgehead atoms. The molecule has 1 aromatic carbocycles. The predicted octanol–water partition coefficient (Wildman–Crippen LogP) is 2.40. The Balaban J connectivity index is 1.52. The molecule has 2 aromatic heterocycles. The van der Waals surface area contributed by atoms with Gasteiger partial charge in [-0.25, -0.2) is 9.78 Å². The standard InChI is InChI=1S/C22H23N3O4/c1-14-11-17(26)21-15(2)16(22(28)29-18(21)12-14)13-20(27)25-9-7-24(8-10-25)19-5-3-4-6-23-19/h3-6,11-12,26H,7-10,13H2,1-2H3. The second kappa shape index (κ2) is 7.58. The fourth-order valence-electron chi connectivity index (χ4n) is 3.85. The predicted molar refractivity (Wildman–Crippen MR) is 110 cm³/mol. The molecule has 3 heterocycles. The highest BCUT2D eigenvalue weighted by molar-refractivity contribution is 5.89. The largest absolute Gasteiger partial charge is 0.507 e. The lowest BCUT2D eigenvalue weighted by Gasteiger charge is -2.35. The quantitative estimate of drug-likeness (QED) is 0.688. The number of phenols is 1. The van der Waals surface area contributed by atoms with Crippen molar-refractivity contribution in [2.24, 2.45) is 0 Å². The van der Waals surface area contributed by atoms with Crippen LogP contribution < -0.4 is 10.5 Å². The summed E-state index contributed by atoms with van der Waals surface area (Å²) in [5.41, 5.74) is 1.50. The van der Waals surface area contributed by atoms with Gasteiger partial charge in [-0.1, -0.05) is 6.07 Å². The van der Waals surface area contributed by atoms with Crippen LogP contribution in [0.4, 0.5) is 5.82 Å². The lowest BCUT2D eigenvalue weighted by Crippen LogP contribution is -2.49. The van der Waals surface area contributed by atoms with E-state index in [2.05, 4.69) is 9.88 Å². The molecule has 1 saturated heterocycles. The Morgan fingerprint density at radius 2 is 1.93 bits per heavy atom. The molecule has 4 rings (SSSR count). The number of aromatic nitrogens is 1. The summed E-state index contributed by atoms with van der Waals surface area (Å²) in [6.07, 6.45) is 1.71. The Morgan fingerprint density at radius 3 is 2.62 bits per heavy atom. The molecule has 0 aliphatic carbocycles. The summed E-state index contributed by atoms with van der Waals surface area (Å²) < 4.78 is 5.40. The maximum Gasteiger partial charge on any atom is 0.340 e. The van der Waals surface area contributed by atoms with Crippen LogP contribution in [0.3, 0.4) is 0 Å². The fraction of sp³-hybridized carbons (Fsp3) is 0.318. The first-order chi connectivity index (χ1) is 13.9. The number of pyridine rings is 1. The molecule has 150 valence electrons. The van der Waals surface area contributed by atoms with Crippen molar-refractivity contribution in [1.82, 2.24) is 9.88 Å². The van der Waals surface area contributed by atoms with E-state index in [4.69, 9.17) is 4.42 Å². The minimum Gasteiger partial charge on any atom is -0.507 e. The lowest BCUT2D eigenvalue weighted by molar-refractivity contribution is -0.130. The average Bonchev–Trinajstić information content (AvgIpc) is 2.71. The Bertz CT molecular complexity index is 1120. The highest BCUT2D eigenvalue weighted by Gasteiger charge is 2.24. The van der Waals surface area contributed by atoms with Crippen molar-refractivity contribution >= 4 is 22.7 Å². The number of hydrogen-bond donors (Lipinski definition) is 1. The highest BCUT2D eigenvalue weighted by Crippen LogP contribution is 2.30. The second-order valence-electron chi connectivity index (χ2n) is 7.38. The van der Waals surface area contributed by atoms with E-state index in [9.17, 15) is 14.7 Å². The second-order valence-corrected chi connectivity index (χ2v) is 7.38. The number of rotatable bonds is 3. The molecular weight excluding hydrogens is 370 g/mol. The van der Waals surface area contributed by atoms with Gasteiger partial charge < -0.3 is 19.3 Å². The number of aryl methyl sites for hydroxylation is 2. The number of fused-ring (bicyclic) bond motifs is 1. The molecule has 7 nitrogen and oxygen atoms in total. The number of nitrogens with zero attached hydrogens (tertiary/aromatic N) is 3. The van der Waals surface area contributed by atoms with Gasteiger partial charge in [-0.05, 0) is 49.2 Å². The van der Waals surface area contributed by atoms with Gasteiger partial charge in [0.05, 0.1) is 17.4 Å². The molecule has 3 aromatic rings. The van der Waals surface area contributed by atoms with Crippen molar-refractivity contribution in [3.63, 3.8) is 0 Å². The van der Waals surface area contributed by atoms with Gasteiger partial charge in [0.1, 0.15) is 17.2 Å². The number of carbonyl (C=O) groups excluding carboxylic acids is 1. The van der Waals surface area contributed by atoms with Crippen molar-refractivity contribution in [3.05, 3.63) is 63.6 Å². The summed E-state index contributed by atoms with van der Waals surface area (Å²) in [4.78, 5) is 33.6. The molecule has 7 heteroatoms. The maximum atomic E-state index is 12.8. The molecule has 0 atom stereocenters. The van der Waals surface area contributed by atoms with E-state index >= 15 is 0 Å². The Hall–Kier alpha value is -3.35. The van der Waals surface area contributed by atoms with Crippen LogP contribution in [0.1, 0.15) is 16.7 Å². The van der Waals surface area contributed by atoms with Crippen molar-refractivity contribution in [2.45, 2.75) is 20.3 Å². The molecule has 1 aliphatic heterocycles. The molecule has 0 unspecified atom stereocenters. The van der Waals surface area contributed by atoms with Gasteiger partial charge in [0.15, 0.2) is 0 Å². The zero-order chi connectivity index (χ0) is 20.5. The van der Waals surface area contributed by atoms with E-state index in [1.54, 1.807) is 30.2 Å². The summed E-state index contributed by atoms with van der Waals surface area (Å²) in [6, 6.07) is 9.11. The van der Waals surface area contributed by atoms with Crippen molar-refractivity contribution in [3.8, 4) is 5.75 Å². The van der Waals surface area contributed by atoms with Crippen molar-refractivity contribution < 1.29 is 14.3 Å². The number of hydrogen-bond acceptors (Lipinski definition) is 6. The zero-order valence-corrected chi connectivity index (χ0v) is 16.5. The first-order valence-corrected chi connectivity index (χ1v) is 9.63. The third-order valence-corrected chi connectivity index (χ3v) is 5.44.